The molecule has 0 saturated carbocycles. The molecule has 3 aromatic rings. The quantitative estimate of drug-likeness (QED) is 0.483. The number of hydrogen-bond donors (Lipinski definition) is 1. The van der Waals surface area contributed by atoms with Gasteiger partial charge in [-0.1, -0.05) is 11.6 Å². The molecular weight excluding hydrogens is 522 g/mol. The van der Waals surface area contributed by atoms with Gasteiger partial charge in [-0.3, -0.25) is 14.4 Å². The van der Waals surface area contributed by atoms with E-state index in [-0.39, 0.29) is 42.7 Å². The van der Waals surface area contributed by atoms with Crippen molar-refractivity contribution in [1.29, 1.82) is 0 Å². The number of furan rings is 1. The third-order valence-electron chi connectivity index (χ3n) is 5.90. The topological polar surface area (TPSA) is 126 Å². The van der Waals surface area contributed by atoms with Crippen LogP contribution in [0.25, 0.3) is 0 Å². The minimum atomic E-state index is -4.35. The molecule has 2 heterocycles. The Morgan fingerprint density at radius 1 is 0.946 bits per heavy atom. The Kier molecular flexibility index (Phi) is 7.84. The smallest absolute Gasteiger partial charge is 0.288 e. The second-order valence-electron chi connectivity index (χ2n) is 8.18. The number of hydrogen-bond acceptors (Lipinski definition) is 7. The number of methoxy groups -OCH3 is 1. The Balaban J connectivity index is 1.51. The first-order chi connectivity index (χ1) is 17.7. The standard InChI is InChI=1S/C25H24ClN3O7S/c1-35-19-8-4-17(5-9-19)24(31)28-12-14-29(15-13-28)25(32)23(27-22(30)21-3-2-16-36-21)37(33,34)20-10-6-18(26)7-11-20/h2-11,16,23H,12-15H2,1H3,(H,27,30). The molecule has 10 nitrogen and oxygen atoms in total. The first-order valence-corrected chi connectivity index (χ1v) is 13.2. The highest BCUT2D eigenvalue weighted by molar-refractivity contribution is 7.92. The summed E-state index contributed by atoms with van der Waals surface area (Å²) in [6.07, 6.45) is 1.26. The van der Waals surface area contributed by atoms with E-state index >= 15 is 0 Å². The molecule has 1 aromatic heterocycles. The molecule has 4 rings (SSSR count). The summed E-state index contributed by atoms with van der Waals surface area (Å²) in [5, 5.41) is 0.715. The lowest BCUT2D eigenvalue weighted by molar-refractivity contribution is -0.132. The summed E-state index contributed by atoms with van der Waals surface area (Å²) < 4.78 is 37.0. The van der Waals surface area contributed by atoms with Gasteiger partial charge in [0, 0.05) is 36.8 Å². The predicted octanol–water partition coefficient (Wildman–Crippen LogP) is 2.46. The second kappa shape index (κ2) is 11.1. The van der Waals surface area contributed by atoms with Gasteiger partial charge in [-0.05, 0) is 60.7 Å². The van der Waals surface area contributed by atoms with Crippen LogP contribution in [0.15, 0.2) is 76.2 Å². The lowest BCUT2D eigenvalue weighted by Gasteiger charge is -2.36. The van der Waals surface area contributed by atoms with E-state index in [9.17, 15) is 22.8 Å². The fraction of sp³-hybridized carbons (Fsp3) is 0.240. The highest BCUT2D eigenvalue weighted by Gasteiger charge is 2.40. The van der Waals surface area contributed by atoms with Crippen LogP contribution in [0.1, 0.15) is 20.9 Å². The zero-order valence-electron chi connectivity index (χ0n) is 19.8. The molecule has 0 radical (unpaired) electrons. The van der Waals surface area contributed by atoms with Crippen LogP contribution in [-0.4, -0.2) is 74.6 Å². The molecule has 2 aromatic carbocycles. The number of sulfone groups is 1. The summed E-state index contributed by atoms with van der Waals surface area (Å²) in [6, 6.07) is 14.8. The van der Waals surface area contributed by atoms with Crippen molar-refractivity contribution in [3.63, 3.8) is 0 Å². The van der Waals surface area contributed by atoms with Gasteiger partial charge in [0.05, 0.1) is 18.3 Å². The number of nitrogens with one attached hydrogen (secondary N) is 1. The van der Waals surface area contributed by atoms with Crippen molar-refractivity contribution >= 4 is 39.2 Å². The van der Waals surface area contributed by atoms with Crippen LogP contribution in [0.5, 0.6) is 5.75 Å². The van der Waals surface area contributed by atoms with Crippen LogP contribution < -0.4 is 10.1 Å². The number of benzene rings is 2. The van der Waals surface area contributed by atoms with Gasteiger partial charge in [-0.25, -0.2) is 8.42 Å². The van der Waals surface area contributed by atoms with Crippen molar-refractivity contribution in [2.75, 3.05) is 33.3 Å². The Hall–Kier alpha value is -3.83. The van der Waals surface area contributed by atoms with E-state index in [1.165, 1.54) is 54.7 Å². The van der Waals surface area contributed by atoms with Crippen LogP contribution in [0, 0.1) is 0 Å². The fourth-order valence-corrected chi connectivity index (χ4v) is 5.43. The third kappa shape index (κ3) is 5.78. The molecule has 3 amide bonds. The summed E-state index contributed by atoms with van der Waals surface area (Å²) >= 11 is 5.89. The fourth-order valence-electron chi connectivity index (χ4n) is 3.84. The minimum absolute atomic E-state index is 0.0873. The Morgan fingerprint density at radius 3 is 2.14 bits per heavy atom. The molecule has 37 heavy (non-hydrogen) atoms. The SMILES string of the molecule is COc1ccc(C(=O)N2CCN(C(=O)C(NC(=O)c3ccco3)S(=O)(=O)c3ccc(Cl)cc3)CC2)cc1. The number of amides is 3. The predicted molar refractivity (Wildman–Crippen MR) is 134 cm³/mol. The van der Waals surface area contributed by atoms with E-state index in [0.717, 1.165) is 0 Å². The van der Waals surface area contributed by atoms with Crippen molar-refractivity contribution in [2.24, 2.45) is 0 Å². The summed E-state index contributed by atoms with van der Waals surface area (Å²) in [4.78, 5) is 41.7. The van der Waals surface area contributed by atoms with Gasteiger partial charge in [-0.15, -0.1) is 0 Å². The minimum Gasteiger partial charge on any atom is -0.497 e. The number of carbonyl (C=O) groups excluding carboxylic acids is 3. The Labute approximate surface area is 218 Å². The lowest BCUT2D eigenvalue weighted by atomic mass is 10.1. The average Bonchev–Trinajstić information content (AvgIpc) is 3.46. The number of ether oxygens (including phenoxy) is 1. The maximum Gasteiger partial charge on any atom is 0.288 e. The summed E-state index contributed by atoms with van der Waals surface area (Å²) in [6.45, 7) is 0.556. The maximum atomic E-state index is 13.5. The van der Waals surface area contributed by atoms with Crippen LogP contribution in [-0.2, 0) is 14.6 Å². The highest BCUT2D eigenvalue weighted by Crippen LogP contribution is 2.21. The van der Waals surface area contributed by atoms with Gasteiger partial charge in [0.2, 0.25) is 15.2 Å². The molecule has 0 spiro atoms. The molecule has 1 fully saturated rings. The van der Waals surface area contributed by atoms with E-state index in [4.69, 9.17) is 20.8 Å². The number of carbonyl (C=O) groups is 3. The van der Waals surface area contributed by atoms with E-state index in [0.29, 0.717) is 16.3 Å². The van der Waals surface area contributed by atoms with Crippen molar-refractivity contribution in [1.82, 2.24) is 15.1 Å². The molecule has 1 aliphatic heterocycles. The molecule has 1 saturated heterocycles. The second-order valence-corrected chi connectivity index (χ2v) is 10.6. The monoisotopic (exact) mass is 545 g/mol. The van der Waals surface area contributed by atoms with Crippen molar-refractivity contribution in [3.05, 3.63) is 83.3 Å². The average molecular weight is 546 g/mol. The number of nitrogens with zero attached hydrogens (tertiary/aromatic N) is 2. The molecule has 0 bridgehead atoms. The first kappa shape index (κ1) is 26.2. The van der Waals surface area contributed by atoms with E-state index < -0.39 is 27.0 Å². The summed E-state index contributed by atoms with van der Waals surface area (Å²) in [5.41, 5.74) is 0.467. The zero-order chi connectivity index (χ0) is 26.6. The van der Waals surface area contributed by atoms with Gasteiger partial charge in [-0.2, -0.15) is 0 Å². The van der Waals surface area contributed by atoms with Crippen LogP contribution >= 0.6 is 11.6 Å². The number of halogens is 1. The maximum absolute atomic E-state index is 13.5. The van der Waals surface area contributed by atoms with Gasteiger partial charge in [0.15, 0.2) is 5.76 Å². The number of piperazine rings is 1. The molecule has 194 valence electrons. The van der Waals surface area contributed by atoms with E-state index in [2.05, 4.69) is 5.32 Å². The molecule has 0 aliphatic carbocycles. The normalized spacial score (nSPS) is 14.6. The summed E-state index contributed by atoms with van der Waals surface area (Å²) in [5.74, 6) is -1.40. The molecule has 12 heteroatoms. The van der Waals surface area contributed by atoms with E-state index in [1.54, 1.807) is 29.2 Å². The van der Waals surface area contributed by atoms with Crippen LogP contribution in [0.3, 0.4) is 0 Å². The number of rotatable bonds is 7. The van der Waals surface area contributed by atoms with Crippen molar-refractivity contribution in [3.8, 4) is 5.75 Å². The zero-order valence-corrected chi connectivity index (χ0v) is 21.4. The lowest BCUT2D eigenvalue weighted by Crippen LogP contribution is -2.57. The Morgan fingerprint density at radius 2 is 1.57 bits per heavy atom. The van der Waals surface area contributed by atoms with E-state index in [1.807, 2.05) is 0 Å². The third-order valence-corrected chi connectivity index (χ3v) is 8.02. The highest BCUT2D eigenvalue weighted by atomic mass is 35.5. The molecule has 1 aliphatic rings. The van der Waals surface area contributed by atoms with Gasteiger partial charge < -0.3 is 24.3 Å². The van der Waals surface area contributed by atoms with Crippen LogP contribution in [0.2, 0.25) is 5.02 Å². The largest absolute Gasteiger partial charge is 0.497 e. The molecule has 1 unspecified atom stereocenters. The van der Waals surface area contributed by atoms with Crippen molar-refractivity contribution < 1.29 is 32.0 Å². The Bertz CT molecular complexity index is 1370. The molecule has 1 atom stereocenters. The van der Waals surface area contributed by atoms with Crippen LogP contribution in [0.4, 0.5) is 0 Å². The summed E-state index contributed by atoms with van der Waals surface area (Å²) in [7, 11) is -2.82. The van der Waals surface area contributed by atoms with Gasteiger partial charge in [0.1, 0.15) is 5.75 Å². The van der Waals surface area contributed by atoms with Gasteiger partial charge >= 0.3 is 0 Å². The van der Waals surface area contributed by atoms with Gasteiger partial charge in [0.25, 0.3) is 17.7 Å². The van der Waals surface area contributed by atoms with Crippen molar-refractivity contribution in [2.45, 2.75) is 10.3 Å². The molecular formula is C25H24ClN3O7S. The first-order valence-electron chi connectivity index (χ1n) is 11.3. The molecule has 1 N–H and O–H groups in total.